The summed E-state index contributed by atoms with van der Waals surface area (Å²) in [5.74, 6) is 3.00. The maximum Gasteiger partial charge on any atom is 0.407 e. The molecule has 4 fully saturated rings. The zero-order valence-electron chi connectivity index (χ0n) is 27.8. The minimum atomic E-state index is -0.657. The van der Waals surface area contributed by atoms with Gasteiger partial charge in [-0.3, -0.25) is 4.79 Å². The van der Waals surface area contributed by atoms with Gasteiger partial charge in [0.1, 0.15) is 17.7 Å². The molecule has 248 valence electrons. The third kappa shape index (κ3) is 4.64. The lowest BCUT2D eigenvalue weighted by molar-refractivity contribution is -0.136. The number of carbonyl (C=O) groups is 2. The Hall–Kier alpha value is -4.96. The van der Waals surface area contributed by atoms with Crippen molar-refractivity contribution in [3.05, 3.63) is 72.3 Å². The van der Waals surface area contributed by atoms with E-state index in [1.165, 1.54) is 25.3 Å². The third-order valence-corrected chi connectivity index (χ3v) is 11.6. The number of methoxy groups -OCH3 is 1. The van der Waals surface area contributed by atoms with Gasteiger partial charge in [-0.1, -0.05) is 50.2 Å². The summed E-state index contributed by atoms with van der Waals surface area (Å²) in [5.41, 5.74) is 6.29. The molecule has 0 bridgehead atoms. The van der Waals surface area contributed by atoms with Crippen LogP contribution in [0.1, 0.15) is 63.3 Å². The highest BCUT2D eigenvalue weighted by molar-refractivity contribution is 6.07. The van der Waals surface area contributed by atoms with Crippen molar-refractivity contribution in [3.8, 4) is 11.1 Å². The Labute approximate surface area is 283 Å². The van der Waals surface area contributed by atoms with Gasteiger partial charge in [-0.25, -0.2) is 14.8 Å². The normalized spacial score (nSPS) is 26.1. The van der Waals surface area contributed by atoms with Crippen LogP contribution in [0.3, 0.4) is 0 Å². The number of aromatic amines is 2. The van der Waals surface area contributed by atoms with E-state index in [1.807, 2.05) is 18.7 Å². The smallest absolute Gasteiger partial charge is 0.407 e. The number of ether oxygens (including phenoxy) is 1. The van der Waals surface area contributed by atoms with Crippen LogP contribution in [0.25, 0.3) is 54.7 Å². The van der Waals surface area contributed by atoms with E-state index in [0.29, 0.717) is 18.0 Å². The largest absolute Gasteiger partial charge is 0.453 e. The van der Waals surface area contributed by atoms with Crippen molar-refractivity contribution in [3.63, 3.8) is 0 Å². The fraction of sp³-hybridized carbons (Fsp3) is 0.385. The number of nitrogens with one attached hydrogen (secondary N) is 4. The topological polar surface area (TPSA) is 128 Å². The Balaban J connectivity index is 0.952. The van der Waals surface area contributed by atoms with Crippen LogP contribution in [0.5, 0.6) is 0 Å². The summed E-state index contributed by atoms with van der Waals surface area (Å²) in [7, 11) is 1.32. The molecule has 2 saturated heterocycles. The number of fused-ring (bicyclic) bond motifs is 8. The lowest BCUT2D eigenvalue weighted by Gasteiger charge is -2.31. The zero-order valence-corrected chi connectivity index (χ0v) is 27.8. The molecule has 2 saturated carbocycles. The van der Waals surface area contributed by atoms with Gasteiger partial charge in [-0.05, 0) is 89.6 Å². The minimum absolute atomic E-state index is 0.0728. The molecule has 7 atom stereocenters. The van der Waals surface area contributed by atoms with Gasteiger partial charge < -0.3 is 30.2 Å². The molecule has 49 heavy (non-hydrogen) atoms. The number of nitrogens with zero attached hydrogens (tertiary/aromatic N) is 3. The Morgan fingerprint density at radius 1 is 0.816 bits per heavy atom. The van der Waals surface area contributed by atoms with E-state index in [-0.39, 0.29) is 23.9 Å². The van der Waals surface area contributed by atoms with Crippen LogP contribution in [-0.2, 0) is 9.53 Å². The molecule has 4 heterocycles. The van der Waals surface area contributed by atoms with Gasteiger partial charge in [0.25, 0.3) is 0 Å². The van der Waals surface area contributed by atoms with Gasteiger partial charge in [0.05, 0.1) is 41.3 Å². The molecule has 4 aromatic carbocycles. The molecule has 2 unspecified atom stereocenters. The van der Waals surface area contributed by atoms with Gasteiger partial charge in [0.2, 0.25) is 5.91 Å². The Bertz CT molecular complexity index is 2330. The van der Waals surface area contributed by atoms with Crippen molar-refractivity contribution in [1.82, 2.24) is 35.5 Å². The number of piperidine rings is 2. The Morgan fingerprint density at radius 2 is 1.47 bits per heavy atom. The first-order valence-electron chi connectivity index (χ1n) is 17.6. The molecule has 0 radical (unpaired) electrons. The molecule has 6 aromatic rings. The fourth-order valence-electron chi connectivity index (χ4n) is 8.73. The maximum atomic E-state index is 13.9. The molecule has 10 heteroatoms. The molecule has 0 spiro atoms. The molecule has 4 aliphatic rings. The molecule has 10 rings (SSSR count). The minimum Gasteiger partial charge on any atom is -0.453 e. The molecular weight excluding hydrogens is 614 g/mol. The Morgan fingerprint density at radius 3 is 2.08 bits per heavy atom. The van der Waals surface area contributed by atoms with Crippen LogP contribution in [-0.4, -0.2) is 62.1 Å². The number of alkyl carbamates (subject to hydrolysis) is 1. The van der Waals surface area contributed by atoms with E-state index in [9.17, 15) is 9.59 Å². The first-order valence-corrected chi connectivity index (χ1v) is 17.6. The number of carbonyl (C=O) groups excluding carboxylic acids is 2. The predicted molar refractivity (Wildman–Crippen MR) is 189 cm³/mol. The van der Waals surface area contributed by atoms with Crippen molar-refractivity contribution < 1.29 is 14.3 Å². The van der Waals surface area contributed by atoms with E-state index < -0.39 is 12.1 Å². The van der Waals surface area contributed by atoms with Gasteiger partial charge in [0, 0.05) is 22.9 Å². The molecule has 2 aliphatic carbocycles. The second-order valence-corrected chi connectivity index (χ2v) is 15.0. The van der Waals surface area contributed by atoms with Crippen LogP contribution in [0, 0.1) is 17.8 Å². The first kappa shape index (κ1) is 29.0. The molecule has 2 aliphatic heterocycles. The predicted octanol–water partition coefficient (Wildman–Crippen LogP) is 6.88. The SMILES string of the molecule is COC(=O)N[C@H](C(=O)N1C2CC2C[C@H]1c1nc2c(ccc3cc(-c4ccc5c(ccc6[nH]c([C@@H]7C[C@H]8C[C@H]8N7)nc65)c4)ccc32)[nH]1)C(C)C. The van der Waals surface area contributed by atoms with Gasteiger partial charge >= 0.3 is 6.09 Å². The number of rotatable bonds is 6. The average Bonchev–Trinajstić information content (AvgIpc) is 3.71. The number of hydrogen-bond donors (Lipinski definition) is 4. The van der Waals surface area contributed by atoms with Crippen molar-refractivity contribution in [2.24, 2.45) is 17.8 Å². The Kier molecular flexibility index (Phi) is 6.23. The summed E-state index contributed by atoms with van der Waals surface area (Å²) < 4.78 is 4.82. The number of aromatic nitrogens is 4. The lowest BCUT2D eigenvalue weighted by Crippen LogP contribution is -2.52. The zero-order chi connectivity index (χ0) is 33.1. The molecule has 2 amide bonds. The number of likely N-dealkylation sites (tertiary alicyclic amines) is 1. The highest BCUT2D eigenvalue weighted by Crippen LogP contribution is 2.53. The van der Waals surface area contributed by atoms with Gasteiger partial charge in [0.15, 0.2) is 0 Å². The van der Waals surface area contributed by atoms with Crippen LogP contribution in [0.15, 0.2) is 60.7 Å². The van der Waals surface area contributed by atoms with Crippen LogP contribution < -0.4 is 10.6 Å². The average molecular weight is 654 g/mol. The van der Waals surface area contributed by atoms with E-state index in [2.05, 4.69) is 81.3 Å². The van der Waals surface area contributed by atoms with Crippen molar-refractivity contribution >= 4 is 55.6 Å². The van der Waals surface area contributed by atoms with Crippen molar-refractivity contribution in [1.29, 1.82) is 0 Å². The highest BCUT2D eigenvalue weighted by Gasteiger charge is 2.56. The van der Waals surface area contributed by atoms with E-state index in [0.717, 1.165) is 79.8 Å². The van der Waals surface area contributed by atoms with E-state index in [4.69, 9.17) is 14.7 Å². The molecule has 2 aromatic heterocycles. The van der Waals surface area contributed by atoms with E-state index >= 15 is 0 Å². The summed E-state index contributed by atoms with van der Waals surface area (Å²) in [5, 5.41) is 11.0. The van der Waals surface area contributed by atoms with Crippen molar-refractivity contribution in [2.75, 3.05) is 7.11 Å². The van der Waals surface area contributed by atoms with Gasteiger partial charge in [-0.15, -0.1) is 0 Å². The number of hydrogen-bond acceptors (Lipinski definition) is 6. The number of benzene rings is 4. The number of amides is 2. The summed E-state index contributed by atoms with van der Waals surface area (Å²) in [4.78, 5) is 45.2. The second kappa shape index (κ2) is 10.5. The fourth-order valence-corrected chi connectivity index (χ4v) is 8.73. The van der Waals surface area contributed by atoms with Crippen LogP contribution in [0.2, 0.25) is 0 Å². The summed E-state index contributed by atoms with van der Waals surface area (Å²) in [6, 6.07) is 22.2. The number of H-pyrrole nitrogens is 2. The van der Waals surface area contributed by atoms with Crippen LogP contribution >= 0.6 is 0 Å². The monoisotopic (exact) mass is 653 g/mol. The van der Waals surface area contributed by atoms with Crippen LogP contribution in [0.4, 0.5) is 4.79 Å². The van der Waals surface area contributed by atoms with Gasteiger partial charge in [-0.2, -0.15) is 0 Å². The molecule has 4 N–H and O–H groups in total. The highest BCUT2D eigenvalue weighted by atomic mass is 16.5. The maximum absolute atomic E-state index is 13.9. The summed E-state index contributed by atoms with van der Waals surface area (Å²) >= 11 is 0. The van der Waals surface area contributed by atoms with Crippen molar-refractivity contribution in [2.45, 2.75) is 69.7 Å². The standard InChI is InChI=1S/C39H39N7O3/c1-18(2)33(45-39(48)49-3)38(47)46-31-16-24(31)17-32(46)37-42-28-11-7-22-13-20(5-9-26(22)35(28)44-37)19-4-8-25-21(12-19)6-10-27-34(25)43-36(41-27)30-15-23-14-29(23)40-30/h4-13,18,23-24,29-33,40H,14-17H2,1-3H3,(H,41,43)(H,42,44)(H,45,48)/t23-,24?,29-,30+,31?,32+,33+/m1/s1. The number of imidazole rings is 2. The molecular formula is C39H39N7O3. The van der Waals surface area contributed by atoms with E-state index in [1.54, 1.807) is 0 Å². The summed E-state index contributed by atoms with van der Waals surface area (Å²) in [6.45, 7) is 3.88. The molecule has 10 nitrogen and oxygen atoms in total. The second-order valence-electron chi connectivity index (χ2n) is 15.0. The lowest BCUT2D eigenvalue weighted by atomic mass is 9.98. The summed E-state index contributed by atoms with van der Waals surface area (Å²) in [6.07, 6.45) is 3.76. The third-order valence-electron chi connectivity index (χ3n) is 11.6. The quantitative estimate of drug-likeness (QED) is 0.155. The first-order chi connectivity index (χ1) is 23.8.